The number of rotatable bonds is 2. The van der Waals surface area contributed by atoms with Gasteiger partial charge in [-0.15, -0.1) is 0 Å². The summed E-state index contributed by atoms with van der Waals surface area (Å²) in [5, 5.41) is 26.5. The van der Waals surface area contributed by atoms with Crippen LogP contribution in [0.2, 0.25) is 5.15 Å². The van der Waals surface area contributed by atoms with Crippen LogP contribution < -0.4 is 0 Å². The molecule has 7 nitrogen and oxygen atoms in total. The number of ether oxygens (including phenoxy) is 1. The Labute approximate surface area is 133 Å². The van der Waals surface area contributed by atoms with Gasteiger partial charge in [-0.1, -0.05) is 11.6 Å². The van der Waals surface area contributed by atoms with E-state index in [4.69, 9.17) is 31.7 Å². The van der Waals surface area contributed by atoms with E-state index in [0.29, 0.717) is 5.15 Å². The number of fused-ring (bicyclic) bond motifs is 1. The highest BCUT2D eigenvalue weighted by Gasteiger charge is 2.27. The number of hydrogen-bond donors (Lipinski definition) is 3. The third kappa shape index (κ3) is 4.37. The van der Waals surface area contributed by atoms with Crippen molar-refractivity contribution in [3.63, 3.8) is 0 Å². The van der Waals surface area contributed by atoms with Crippen molar-refractivity contribution in [1.29, 1.82) is 0 Å². The molecule has 3 rings (SSSR count). The summed E-state index contributed by atoms with van der Waals surface area (Å²) >= 11 is 5.99. The molecule has 0 bridgehead atoms. The summed E-state index contributed by atoms with van der Waals surface area (Å²) in [6.07, 6.45) is 4.93. The van der Waals surface area contributed by atoms with E-state index >= 15 is 0 Å². The van der Waals surface area contributed by atoms with Crippen LogP contribution in [-0.4, -0.2) is 48.4 Å². The van der Waals surface area contributed by atoms with Gasteiger partial charge in [-0.05, 0) is 32.8 Å². The molecule has 2 aromatic rings. The van der Waals surface area contributed by atoms with Crippen molar-refractivity contribution in [3.8, 4) is 0 Å². The van der Waals surface area contributed by atoms with Crippen molar-refractivity contribution < 1.29 is 20.1 Å². The molecule has 1 aliphatic heterocycles. The molecule has 0 radical (unpaired) electrons. The Morgan fingerprint density at radius 1 is 1.36 bits per heavy atom. The highest BCUT2D eigenvalue weighted by Crippen LogP contribution is 2.31. The van der Waals surface area contributed by atoms with E-state index in [1.165, 1.54) is 20.2 Å². The van der Waals surface area contributed by atoms with Gasteiger partial charge in [0, 0.05) is 6.20 Å². The van der Waals surface area contributed by atoms with Crippen LogP contribution in [0.4, 0.5) is 0 Å². The Balaban J connectivity index is 0.000000309. The molecule has 22 heavy (non-hydrogen) atoms. The summed E-state index contributed by atoms with van der Waals surface area (Å²) < 4.78 is 7.66. The van der Waals surface area contributed by atoms with Crippen molar-refractivity contribution in [1.82, 2.24) is 14.5 Å². The molecule has 0 saturated carbocycles. The fourth-order valence-electron chi connectivity index (χ4n) is 2.20. The Morgan fingerprint density at radius 3 is 2.64 bits per heavy atom. The van der Waals surface area contributed by atoms with Crippen molar-refractivity contribution in [3.05, 3.63) is 23.7 Å². The minimum Gasteiger partial charge on any atom is -0.394 e. The molecule has 1 saturated heterocycles. The van der Waals surface area contributed by atoms with Gasteiger partial charge in [-0.3, -0.25) is 0 Å². The topological polar surface area (TPSA) is 101 Å². The van der Waals surface area contributed by atoms with E-state index in [2.05, 4.69) is 9.97 Å². The van der Waals surface area contributed by atoms with E-state index in [9.17, 15) is 0 Å². The standard InChI is InChI=1S/C11H12ClN3O2.C3H8O2/c12-10-8-3-4-15(11(8)14-6-13-10)9-2-1-7(5-16)17-9;1-3(2,4)5/h3-4,6-7,9,16H,1-2,5H2;4-5H,1-2H3. The largest absolute Gasteiger partial charge is 0.394 e. The normalized spacial score (nSPS) is 21.7. The lowest BCUT2D eigenvalue weighted by Crippen LogP contribution is -2.15. The number of nitrogens with zero attached hydrogens (tertiary/aromatic N) is 3. The number of aliphatic hydroxyl groups excluding tert-OH is 1. The van der Waals surface area contributed by atoms with Crippen LogP contribution in [0.5, 0.6) is 0 Å². The highest BCUT2D eigenvalue weighted by atomic mass is 35.5. The third-order valence-corrected chi connectivity index (χ3v) is 3.36. The van der Waals surface area contributed by atoms with Crippen molar-refractivity contribution in [2.45, 2.75) is 44.8 Å². The average Bonchev–Trinajstić information content (AvgIpc) is 3.02. The first-order valence-corrected chi connectivity index (χ1v) is 7.35. The number of hydrogen-bond acceptors (Lipinski definition) is 6. The molecule has 1 aliphatic rings. The molecule has 3 heterocycles. The smallest absolute Gasteiger partial charge is 0.156 e. The molecule has 8 heteroatoms. The Bertz CT molecular complexity index is 620. The zero-order valence-electron chi connectivity index (χ0n) is 12.5. The van der Waals surface area contributed by atoms with E-state index in [-0.39, 0.29) is 18.9 Å². The van der Waals surface area contributed by atoms with Gasteiger partial charge in [-0.2, -0.15) is 0 Å². The van der Waals surface area contributed by atoms with Crippen molar-refractivity contribution >= 4 is 22.6 Å². The predicted octanol–water partition coefficient (Wildman–Crippen LogP) is 1.46. The molecule has 1 fully saturated rings. The Kier molecular flexibility index (Phi) is 5.36. The molecule has 3 N–H and O–H groups in total. The summed E-state index contributed by atoms with van der Waals surface area (Å²) in [4.78, 5) is 8.16. The molecule has 2 unspecified atom stereocenters. The third-order valence-electron chi connectivity index (χ3n) is 3.06. The quantitative estimate of drug-likeness (QED) is 0.569. The van der Waals surface area contributed by atoms with Crippen LogP contribution in [-0.2, 0) is 4.74 Å². The van der Waals surface area contributed by atoms with Gasteiger partial charge in [0.2, 0.25) is 0 Å². The van der Waals surface area contributed by atoms with Gasteiger partial charge >= 0.3 is 0 Å². The van der Waals surface area contributed by atoms with Gasteiger partial charge in [0.05, 0.1) is 18.1 Å². The van der Waals surface area contributed by atoms with Crippen molar-refractivity contribution in [2.24, 2.45) is 0 Å². The SMILES string of the molecule is CC(C)(O)O.OCC1CCC(n2ccc3c(Cl)ncnc32)O1. The average molecular weight is 330 g/mol. The van der Waals surface area contributed by atoms with Crippen LogP contribution in [0, 0.1) is 0 Å². The molecule has 0 spiro atoms. The Morgan fingerprint density at radius 2 is 2.05 bits per heavy atom. The molecular weight excluding hydrogens is 310 g/mol. The second-order valence-electron chi connectivity index (χ2n) is 5.59. The zero-order valence-corrected chi connectivity index (χ0v) is 13.2. The van der Waals surface area contributed by atoms with Crippen LogP contribution >= 0.6 is 11.6 Å². The number of aromatic nitrogens is 3. The second kappa shape index (κ2) is 6.89. The maximum Gasteiger partial charge on any atom is 0.156 e. The highest BCUT2D eigenvalue weighted by molar-refractivity contribution is 6.33. The van der Waals surface area contributed by atoms with Crippen LogP contribution in [0.15, 0.2) is 18.6 Å². The molecule has 0 aliphatic carbocycles. The monoisotopic (exact) mass is 329 g/mol. The molecule has 2 atom stereocenters. The van der Waals surface area contributed by atoms with Gasteiger partial charge in [0.15, 0.2) is 5.79 Å². The fourth-order valence-corrected chi connectivity index (χ4v) is 2.39. The van der Waals surface area contributed by atoms with Crippen LogP contribution in [0.1, 0.15) is 32.9 Å². The lowest BCUT2D eigenvalue weighted by atomic mass is 10.2. The first-order valence-electron chi connectivity index (χ1n) is 6.97. The van der Waals surface area contributed by atoms with Gasteiger partial charge in [0.1, 0.15) is 23.4 Å². The van der Waals surface area contributed by atoms with Crippen LogP contribution in [0.25, 0.3) is 11.0 Å². The first kappa shape index (κ1) is 17.1. The minimum absolute atomic E-state index is 0.0610. The fraction of sp³-hybridized carbons (Fsp3) is 0.571. The summed E-state index contributed by atoms with van der Waals surface area (Å²) in [6, 6.07) is 1.88. The summed E-state index contributed by atoms with van der Waals surface area (Å²) in [6.45, 7) is 2.66. The molecule has 2 aromatic heterocycles. The summed E-state index contributed by atoms with van der Waals surface area (Å²) in [5.41, 5.74) is 0.772. The molecule has 0 amide bonds. The second-order valence-corrected chi connectivity index (χ2v) is 5.95. The Hall–Kier alpha value is -1.25. The number of halogens is 1. The molecular formula is C14H20ClN3O4. The summed E-state index contributed by atoms with van der Waals surface area (Å²) in [7, 11) is 0. The maximum atomic E-state index is 9.06. The molecule has 0 aromatic carbocycles. The summed E-state index contributed by atoms with van der Waals surface area (Å²) in [5.74, 6) is -1.50. The van der Waals surface area contributed by atoms with Gasteiger partial charge < -0.3 is 24.6 Å². The first-order chi connectivity index (χ1) is 10.3. The van der Waals surface area contributed by atoms with Gasteiger partial charge in [0.25, 0.3) is 0 Å². The van der Waals surface area contributed by atoms with E-state index < -0.39 is 5.79 Å². The molecule has 122 valence electrons. The predicted molar refractivity (Wildman–Crippen MR) is 81.3 cm³/mol. The minimum atomic E-state index is -1.50. The van der Waals surface area contributed by atoms with E-state index in [1.54, 1.807) is 0 Å². The number of aliphatic hydroxyl groups is 3. The van der Waals surface area contributed by atoms with Gasteiger partial charge in [-0.25, -0.2) is 9.97 Å². The lowest BCUT2D eigenvalue weighted by Gasteiger charge is -2.14. The maximum absolute atomic E-state index is 9.06. The van der Waals surface area contributed by atoms with E-state index in [0.717, 1.165) is 23.9 Å². The lowest BCUT2D eigenvalue weighted by molar-refractivity contribution is -0.127. The van der Waals surface area contributed by atoms with Crippen LogP contribution in [0.3, 0.4) is 0 Å². The zero-order chi connectivity index (χ0) is 16.3. The van der Waals surface area contributed by atoms with Crippen molar-refractivity contribution in [2.75, 3.05) is 6.61 Å². The van der Waals surface area contributed by atoms with E-state index in [1.807, 2.05) is 16.8 Å².